The van der Waals surface area contributed by atoms with Gasteiger partial charge in [-0.25, -0.2) is 9.18 Å². The van der Waals surface area contributed by atoms with Crippen LogP contribution in [0.4, 0.5) is 4.39 Å². The standard InChI is InChI=1S/C20H24FN3O3/c1-12-16(18(25)23-19(26)22-12)10-24-9-13-3-2-8-20(27,17(13)11-24)14-4-6-15(21)7-5-14/h4-7,13,17,27H,2-3,8-11H2,1H3,(H2,22,23,25,26). The van der Waals surface area contributed by atoms with E-state index in [0.29, 0.717) is 36.7 Å². The van der Waals surface area contributed by atoms with Gasteiger partial charge in [0.05, 0.1) is 11.2 Å². The maximum Gasteiger partial charge on any atom is 0.325 e. The highest BCUT2D eigenvalue weighted by Crippen LogP contribution is 2.48. The fourth-order valence-corrected chi connectivity index (χ4v) is 4.88. The third kappa shape index (κ3) is 3.26. The summed E-state index contributed by atoms with van der Waals surface area (Å²) >= 11 is 0. The zero-order valence-corrected chi connectivity index (χ0v) is 15.3. The Kier molecular flexibility index (Phi) is 4.52. The third-order valence-electron chi connectivity index (χ3n) is 6.24. The molecular formula is C20H24FN3O3. The molecular weight excluding hydrogens is 349 g/mol. The molecule has 3 atom stereocenters. The van der Waals surface area contributed by atoms with Crippen LogP contribution in [0.5, 0.6) is 0 Å². The number of halogens is 1. The molecule has 144 valence electrons. The summed E-state index contributed by atoms with van der Waals surface area (Å²) in [5.41, 5.74) is 0.0594. The van der Waals surface area contributed by atoms with Crippen molar-refractivity contribution in [3.63, 3.8) is 0 Å². The molecule has 1 aliphatic heterocycles. The van der Waals surface area contributed by atoms with Crippen LogP contribution in [0.2, 0.25) is 0 Å². The molecule has 2 fully saturated rings. The summed E-state index contributed by atoms with van der Waals surface area (Å²) in [6.07, 6.45) is 2.61. The predicted octanol–water partition coefficient (Wildman–Crippen LogP) is 1.63. The van der Waals surface area contributed by atoms with Crippen molar-refractivity contribution in [2.24, 2.45) is 11.8 Å². The van der Waals surface area contributed by atoms with E-state index in [1.807, 2.05) is 0 Å². The molecule has 6 nitrogen and oxygen atoms in total. The molecule has 1 aromatic carbocycles. The van der Waals surface area contributed by atoms with E-state index in [0.717, 1.165) is 24.9 Å². The lowest BCUT2D eigenvalue weighted by Gasteiger charge is -2.41. The Labute approximate surface area is 156 Å². The molecule has 3 unspecified atom stereocenters. The number of likely N-dealkylation sites (tertiary alicyclic amines) is 1. The van der Waals surface area contributed by atoms with Gasteiger partial charge in [0.2, 0.25) is 0 Å². The zero-order valence-electron chi connectivity index (χ0n) is 15.3. The van der Waals surface area contributed by atoms with Gasteiger partial charge in [0.15, 0.2) is 0 Å². The third-order valence-corrected chi connectivity index (χ3v) is 6.24. The first-order chi connectivity index (χ1) is 12.9. The summed E-state index contributed by atoms with van der Waals surface area (Å²) in [6, 6.07) is 6.15. The van der Waals surface area contributed by atoms with Gasteiger partial charge in [-0.2, -0.15) is 0 Å². The van der Waals surface area contributed by atoms with Gasteiger partial charge in [0.25, 0.3) is 5.56 Å². The van der Waals surface area contributed by atoms with Crippen molar-refractivity contribution in [1.82, 2.24) is 14.9 Å². The molecule has 3 N–H and O–H groups in total. The summed E-state index contributed by atoms with van der Waals surface area (Å²) in [4.78, 5) is 30.6. The number of hydrogen-bond acceptors (Lipinski definition) is 4. The highest BCUT2D eigenvalue weighted by atomic mass is 19.1. The summed E-state index contributed by atoms with van der Waals surface area (Å²) in [5.74, 6) is 0.0605. The Morgan fingerprint density at radius 3 is 2.67 bits per heavy atom. The molecule has 0 bridgehead atoms. The van der Waals surface area contributed by atoms with Gasteiger partial charge in [-0.05, 0) is 49.8 Å². The number of H-pyrrole nitrogens is 2. The van der Waals surface area contributed by atoms with E-state index in [2.05, 4.69) is 14.9 Å². The van der Waals surface area contributed by atoms with Gasteiger partial charge < -0.3 is 10.1 Å². The van der Waals surface area contributed by atoms with Crippen LogP contribution in [0, 0.1) is 24.6 Å². The number of hydrogen-bond donors (Lipinski definition) is 3. The predicted molar refractivity (Wildman–Crippen MR) is 98.8 cm³/mol. The van der Waals surface area contributed by atoms with E-state index in [9.17, 15) is 19.1 Å². The maximum absolute atomic E-state index is 13.3. The minimum atomic E-state index is -0.974. The molecule has 1 aliphatic carbocycles. The van der Waals surface area contributed by atoms with Crippen molar-refractivity contribution in [2.75, 3.05) is 13.1 Å². The van der Waals surface area contributed by atoms with E-state index < -0.39 is 11.3 Å². The molecule has 0 amide bonds. The Bertz CT molecular complexity index is 952. The van der Waals surface area contributed by atoms with Crippen LogP contribution >= 0.6 is 0 Å². The van der Waals surface area contributed by atoms with Crippen LogP contribution in [0.3, 0.4) is 0 Å². The summed E-state index contributed by atoms with van der Waals surface area (Å²) in [5, 5.41) is 11.5. The SMILES string of the molecule is Cc1[nH]c(=O)[nH]c(=O)c1CN1CC2CCCC(O)(c3ccc(F)cc3)C2C1. The molecule has 4 rings (SSSR count). The minimum absolute atomic E-state index is 0.0406. The van der Waals surface area contributed by atoms with Crippen molar-refractivity contribution in [2.45, 2.75) is 38.3 Å². The smallest absolute Gasteiger partial charge is 0.325 e. The van der Waals surface area contributed by atoms with Crippen molar-refractivity contribution < 1.29 is 9.50 Å². The van der Waals surface area contributed by atoms with Gasteiger partial charge in [0.1, 0.15) is 5.82 Å². The lowest BCUT2D eigenvalue weighted by Crippen LogP contribution is -2.42. The lowest BCUT2D eigenvalue weighted by molar-refractivity contribution is -0.0648. The monoisotopic (exact) mass is 373 g/mol. The van der Waals surface area contributed by atoms with E-state index in [4.69, 9.17) is 0 Å². The van der Waals surface area contributed by atoms with E-state index in [1.165, 1.54) is 12.1 Å². The van der Waals surface area contributed by atoms with Crippen molar-refractivity contribution >= 4 is 0 Å². The van der Waals surface area contributed by atoms with Gasteiger partial charge in [0, 0.05) is 31.2 Å². The Balaban J connectivity index is 1.59. The molecule has 0 spiro atoms. The first-order valence-corrected chi connectivity index (χ1v) is 9.39. The number of nitrogens with one attached hydrogen (secondary N) is 2. The highest BCUT2D eigenvalue weighted by Gasteiger charge is 2.49. The number of aromatic amines is 2. The van der Waals surface area contributed by atoms with Crippen LogP contribution in [0.15, 0.2) is 33.9 Å². The fourth-order valence-electron chi connectivity index (χ4n) is 4.88. The number of benzene rings is 1. The molecule has 1 aromatic heterocycles. The van der Waals surface area contributed by atoms with Gasteiger partial charge in [-0.1, -0.05) is 12.1 Å². The molecule has 1 saturated heterocycles. The normalized spacial score (nSPS) is 28.3. The molecule has 7 heteroatoms. The lowest BCUT2D eigenvalue weighted by atomic mass is 9.67. The highest BCUT2D eigenvalue weighted by molar-refractivity contribution is 5.26. The van der Waals surface area contributed by atoms with E-state index in [-0.39, 0.29) is 17.3 Å². The van der Waals surface area contributed by atoms with Crippen LogP contribution in [-0.2, 0) is 12.1 Å². The number of aryl methyl sites for hydroxylation is 1. The number of aromatic nitrogens is 2. The fraction of sp³-hybridized carbons (Fsp3) is 0.500. The zero-order chi connectivity index (χ0) is 19.2. The van der Waals surface area contributed by atoms with Crippen LogP contribution < -0.4 is 11.2 Å². The quantitative estimate of drug-likeness (QED) is 0.763. The molecule has 2 aliphatic rings. The first-order valence-electron chi connectivity index (χ1n) is 9.39. The molecule has 2 heterocycles. The van der Waals surface area contributed by atoms with Crippen LogP contribution in [0.25, 0.3) is 0 Å². The Hall–Kier alpha value is -2.25. The summed E-state index contributed by atoms with van der Waals surface area (Å²) in [6.45, 7) is 3.62. The maximum atomic E-state index is 13.3. The first kappa shape index (κ1) is 18.1. The number of nitrogens with zero attached hydrogens (tertiary/aromatic N) is 1. The molecule has 0 radical (unpaired) electrons. The second kappa shape index (κ2) is 6.73. The Morgan fingerprint density at radius 1 is 1.22 bits per heavy atom. The van der Waals surface area contributed by atoms with E-state index >= 15 is 0 Å². The van der Waals surface area contributed by atoms with Crippen LogP contribution in [-0.4, -0.2) is 33.1 Å². The topological polar surface area (TPSA) is 89.2 Å². The van der Waals surface area contributed by atoms with E-state index in [1.54, 1.807) is 19.1 Å². The van der Waals surface area contributed by atoms with Gasteiger partial charge >= 0.3 is 5.69 Å². The van der Waals surface area contributed by atoms with Gasteiger partial charge in [-0.15, -0.1) is 0 Å². The number of rotatable bonds is 3. The largest absolute Gasteiger partial charge is 0.385 e. The minimum Gasteiger partial charge on any atom is -0.385 e. The molecule has 1 saturated carbocycles. The number of aliphatic hydroxyl groups is 1. The van der Waals surface area contributed by atoms with Crippen LogP contribution in [0.1, 0.15) is 36.1 Å². The van der Waals surface area contributed by atoms with Crippen molar-refractivity contribution in [3.05, 3.63) is 67.7 Å². The second-order valence-corrected chi connectivity index (χ2v) is 7.90. The average molecular weight is 373 g/mol. The summed E-state index contributed by atoms with van der Waals surface area (Å²) in [7, 11) is 0. The molecule has 2 aromatic rings. The second-order valence-electron chi connectivity index (χ2n) is 7.90. The van der Waals surface area contributed by atoms with Crippen molar-refractivity contribution in [3.8, 4) is 0 Å². The van der Waals surface area contributed by atoms with Crippen molar-refractivity contribution in [1.29, 1.82) is 0 Å². The average Bonchev–Trinajstić information content (AvgIpc) is 3.03. The van der Waals surface area contributed by atoms with Gasteiger partial charge in [-0.3, -0.25) is 14.7 Å². The molecule has 27 heavy (non-hydrogen) atoms. The summed E-state index contributed by atoms with van der Waals surface area (Å²) < 4.78 is 13.3. The number of fused-ring (bicyclic) bond motifs is 1. The Morgan fingerprint density at radius 2 is 1.96 bits per heavy atom.